The molecule has 0 spiro atoms. The molecule has 30 heavy (non-hydrogen) atoms. The molecule has 0 bridgehead atoms. The van der Waals surface area contributed by atoms with Crippen LogP contribution in [0, 0.1) is 10.2 Å². The maximum atomic E-state index is 6.13. The van der Waals surface area contributed by atoms with E-state index < -0.39 is 0 Å². The van der Waals surface area contributed by atoms with Crippen molar-refractivity contribution in [2.75, 3.05) is 6.61 Å². The van der Waals surface area contributed by atoms with Crippen LogP contribution in [-0.2, 0) is 13.7 Å². The SMILES string of the molecule is Cn1c(C2COc3ccccc3O2)nn(CNC(c2ccccc2)C(C)(C)C)c1=S. The Kier molecular flexibility index (Phi) is 5.66. The van der Waals surface area contributed by atoms with Crippen molar-refractivity contribution in [3.05, 3.63) is 70.8 Å². The molecule has 0 aliphatic carbocycles. The number of ether oxygens (including phenoxy) is 2. The van der Waals surface area contributed by atoms with E-state index in [9.17, 15) is 0 Å². The summed E-state index contributed by atoms with van der Waals surface area (Å²) in [6.45, 7) is 7.59. The molecule has 1 N–H and O–H groups in total. The molecule has 2 atom stereocenters. The van der Waals surface area contributed by atoms with Gasteiger partial charge in [-0.05, 0) is 35.3 Å². The quantitative estimate of drug-likeness (QED) is 0.597. The third kappa shape index (κ3) is 4.13. The van der Waals surface area contributed by atoms with Crippen LogP contribution in [0.5, 0.6) is 11.5 Å². The lowest BCUT2D eigenvalue weighted by molar-refractivity contribution is 0.0824. The molecule has 3 aromatic rings. The maximum Gasteiger partial charge on any atom is 0.198 e. The second-order valence-electron chi connectivity index (χ2n) is 8.64. The standard InChI is InChI=1S/C23H28N4O2S/c1-23(2,3)20(16-10-6-5-7-11-16)24-15-27-22(30)26(4)21(25-27)19-14-28-17-12-8-9-13-18(17)29-19/h5-13,19-20,24H,14-15H2,1-4H3. The third-order valence-electron chi connectivity index (χ3n) is 5.32. The summed E-state index contributed by atoms with van der Waals surface area (Å²) in [5.74, 6) is 2.24. The van der Waals surface area contributed by atoms with Crippen LogP contribution in [0.2, 0.25) is 0 Å². The lowest BCUT2D eigenvalue weighted by atomic mass is 9.82. The number of fused-ring (bicyclic) bond motifs is 1. The molecule has 7 heteroatoms. The van der Waals surface area contributed by atoms with Gasteiger partial charge in [-0.25, -0.2) is 4.68 Å². The number of rotatable bonds is 5. The maximum absolute atomic E-state index is 6.13. The molecule has 0 amide bonds. The van der Waals surface area contributed by atoms with Gasteiger partial charge < -0.3 is 14.0 Å². The van der Waals surface area contributed by atoms with Gasteiger partial charge in [0.15, 0.2) is 28.2 Å². The smallest absolute Gasteiger partial charge is 0.198 e. The fraction of sp³-hybridized carbons (Fsp3) is 0.391. The van der Waals surface area contributed by atoms with Crippen LogP contribution in [0.3, 0.4) is 0 Å². The number of hydrogen-bond donors (Lipinski definition) is 1. The van der Waals surface area contributed by atoms with E-state index in [2.05, 4.69) is 50.4 Å². The first-order valence-corrected chi connectivity index (χ1v) is 10.6. The molecule has 0 saturated carbocycles. The molecule has 0 radical (unpaired) electrons. The molecule has 2 unspecified atom stereocenters. The lowest BCUT2D eigenvalue weighted by Crippen LogP contribution is -2.34. The van der Waals surface area contributed by atoms with E-state index in [0.29, 0.717) is 18.0 Å². The lowest BCUT2D eigenvalue weighted by Gasteiger charge is -2.32. The van der Waals surface area contributed by atoms with E-state index in [1.165, 1.54) is 5.56 Å². The van der Waals surface area contributed by atoms with Crippen LogP contribution in [-0.4, -0.2) is 21.0 Å². The van der Waals surface area contributed by atoms with Crippen LogP contribution in [0.4, 0.5) is 0 Å². The van der Waals surface area contributed by atoms with Crippen LogP contribution in [0.1, 0.15) is 44.3 Å². The fourth-order valence-corrected chi connectivity index (χ4v) is 3.98. The van der Waals surface area contributed by atoms with Gasteiger partial charge in [-0.1, -0.05) is 63.2 Å². The van der Waals surface area contributed by atoms with Gasteiger partial charge in [0, 0.05) is 13.1 Å². The van der Waals surface area contributed by atoms with Crippen molar-refractivity contribution < 1.29 is 9.47 Å². The van der Waals surface area contributed by atoms with Crippen molar-refractivity contribution in [2.45, 2.75) is 39.6 Å². The average Bonchev–Trinajstić information content (AvgIpc) is 3.02. The average molecular weight is 425 g/mol. The predicted molar refractivity (Wildman–Crippen MR) is 119 cm³/mol. The number of benzene rings is 2. The molecule has 6 nitrogen and oxygen atoms in total. The zero-order valence-corrected chi connectivity index (χ0v) is 18.6. The number of nitrogens with one attached hydrogen (secondary N) is 1. The Hall–Kier alpha value is -2.64. The van der Waals surface area contributed by atoms with Gasteiger partial charge in [-0.15, -0.1) is 0 Å². The highest BCUT2D eigenvalue weighted by atomic mass is 32.1. The Bertz CT molecular complexity index is 1070. The normalized spacial score (nSPS) is 17.0. The largest absolute Gasteiger partial charge is 0.485 e. The predicted octanol–water partition coefficient (Wildman–Crippen LogP) is 4.80. The van der Waals surface area contributed by atoms with Crippen LogP contribution in [0.15, 0.2) is 54.6 Å². The zero-order chi connectivity index (χ0) is 21.3. The zero-order valence-electron chi connectivity index (χ0n) is 17.8. The van der Waals surface area contributed by atoms with E-state index in [0.717, 1.165) is 17.3 Å². The van der Waals surface area contributed by atoms with Gasteiger partial charge in [-0.2, -0.15) is 5.10 Å². The van der Waals surface area contributed by atoms with Crippen molar-refractivity contribution in [3.8, 4) is 11.5 Å². The third-order valence-corrected chi connectivity index (χ3v) is 5.80. The number of aromatic nitrogens is 3. The van der Waals surface area contributed by atoms with Crippen LogP contribution >= 0.6 is 12.2 Å². The Morgan fingerprint density at radius 3 is 2.47 bits per heavy atom. The summed E-state index contributed by atoms with van der Waals surface area (Å²) in [5, 5.41) is 8.40. The second-order valence-corrected chi connectivity index (χ2v) is 9.00. The van der Waals surface area contributed by atoms with E-state index in [1.54, 1.807) is 0 Å². The topological polar surface area (TPSA) is 53.2 Å². The fourth-order valence-electron chi connectivity index (χ4n) is 3.78. The molecule has 1 aromatic heterocycles. The molecule has 158 valence electrons. The molecule has 0 saturated heterocycles. The Labute approximate surface area is 182 Å². The highest BCUT2D eigenvalue weighted by Crippen LogP contribution is 2.35. The van der Waals surface area contributed by atoms with Crippen molar-refractivity contribution in [3.63, 3.8) is 0 Å². The number of hydrogen-bond acceptors (Lipinski definition) is 5. The minimum Gasteiger partial charge on any atom is -0.485 e. The first kappa shape index (κ1) is 20.6. The first-order valence-electron chi connectivity index (χ1n) is 10.1. The van der Waals surface area contributed by atoms with Gasteiger partial charge in [0.2, 0.25) is 0 Å². The summed E-state index contributed by atoms with van der Waals surface area (Å²) in [5.41, 5.74) is 1.28. The molecular weight excluding hydrogens is 396 g/mol. The summed E-state index contributed by atoms with van der Waals surface area (Å²) < 4.78 is 16.3. The number of nitrogens with zero attached hydrogens (tertiary/aromatic N) is 3. The Morgan fingerprint density at radius 2 is 1.77 bits per heavy atom. The van der Waals surface area contributed by atoms with Gasteiger partial charge in [0.25, 0.3) is 0 Å². The van der Waals surface area contributed by atoms with E-state index >= 15 is 0 Å². The summed E-state index contributed by atoms with van der Waals surface area (Å²) >= 11 is 5.65. The molecular formula is C23H28N4O2S. The van der Waals surface area contributed by atoms with Gasteiger partial charge >= 0.3 is 0 Å². The second kappa shape index (κ2) is 8.24. The molecule has 1 aliphatic rings. The van der Waals surface area contributed by atoms with E-state index in [-0.39, 0.29) is 17.6 Å². The van der Waals surface area contributed by atoms with Gasteiger partial charge in [-0.3, -0.25) is 5.32 Å². The highest BCUT2D eigenvalue weighted by Gasteiger charge is 2.29. The Balaban J connectivity index is 1.54. The Morgan fingerprint density at radius 1 is 1.10 bits per heavy atom. The minimum absolute atomic E-state index is 0.0329. The molecule has 0 fully saturated rings. The van der Waals surface area contributed by atoms with Crippen LogP contribution in [0.25, 0.3) is 0 Å². The monoisotopic (exact) mass is 424 g/mol. The summed E-state index contributed by atoms with van der Waals surface area (Å²) in [6.07, 6.45) is -0.305. The highest BCUT2D eigenvalue weighted by molar-refractivity contribution is 7.71. The number of para-hydroxylation sites is 2. The van der Waals surface area contributed by atoms with Gasteiger partial charge in [0.1, 0.15) is 6.61 Å². The van der Waals surface area contributed by atoms with Crippen molar-refractivity contribution >= 4 is 12.2 Å². The minimum atomic E-state index is -0.305. The van der Waals surface area contributed by atoms with E-state index in [4.69, 9.17) is 26.8 Å². The van der Waals surface area contributed by atoms with Crippen LogP contribution < -0.4 is 14.8 Å². The molecule has 2 aromatic carbocycles. The summed E-state index contributed by atoms with van der Waals surface area (Å²) in [7, 11) is 1.92. The molecule has 2 heterocycles. The van der Waals surface area contributed by atoms with Crippen molar-refractivity contribution in [1.29, 1.82) is 0 Å². The molecule has 4 rings (SSSR count). The first-order chi connectivity index (χ1) is 14.3. The summed E-state index contributed by atoms with van der Waals surface area (Å²) in [4.78, 5) is 0. The molecule has 1 aliphatic heterocycles. The van der Waals surface area contributed by atoms with Crippen molar-refractivity contribution in [2.24, 2.45) is 12.5 Å². The summed E-state index contributed by atoms with van der Waals surface area (Å²) in [6, 6.07) is 18.3. The van der Waals surface area contributed by atoms with E-state index in [1.807, 2.05) is 46.6 Å². The van der Waals surface area contributed by atoms with Crippen molar-refractivity contribution in [1.82, 2.24) is 19.7 Å². The van der Waals surface area contributed by atoms with Gasteiger partial charge in [0.05, 0.1) is 6.67 Å².